The maximum absolute atomic E-state index is 12.3. The highest BCUT2D eigenvalue weighted by Crippen LogP contribution is 2.32. The Kier molecular flexibility index (Phi) is 4.73. The molecule has 1 aromatic heterocycles. The molecule has 0 unspecified atom stereocenters. The van der Waals surface area contributed by atoms with E-state index in [0.717, 1.165) is 23.7 Å². The molecule has 0 bridgehead atoms. The zero-order valence-corrected chi connectivity index (χ0v) is 13.6. The normalized spacial score (nSPS) is 18.6. The lowest BCUT2D eigenvalue weighted by Gasteiger charge is -2.36. The van der Waals surface area contributed by atoms with E-state index in [1.165, 1.54) is 30.6 Å². The second kappa shape index (κ2) is 5.93. The Hall–Kier alpha value is -0.0600. The first-order valence-corrected chi connectivity index (χ1v) is 8.58. The number of carbonyl (C=O) groups excluding carboxylic acids is 1. The lowest BCUT2D eigenvalue weighted by atomic mass is 9.83. The Balaban J connectivity index is 2.12. The SMILES string of the molecule is Cc1csc(C(=O)NC2(CBr)CCCCC2)c1Cl. The molecule has 5 heteroatoms. The number of alkyl halides is 1. The molecule has 0 radical (unpaired) electrons. The molecule has 1 amide bonds. The predicted octanol–water partition coefficient (Wildman–Crippen LogP) is 4.54. The van der Waals surface area contributed by atoms with Crippen molar-refractivity contribution in [2.75, 3.05) is 5.33 Å². The number of rotatable bonds is 3. The van der Waals surface area contributed by atoms with Gasteiger partial charge in [-0.3, -0.25) is 4.79 Å². The molecule has 0 spiro atoms. The van der Waals surface area contributed by atoms with E-state index in [4.69, 9.17) is 11.6 Å². The molecular weight excluding hydrogens is 334 g/mol. The van der Waals surface area contributed by atoms with Gasteiger partial charge in [0.1, 0.15) is 4.88 Å². The minimum Gasteiger partial charge on any atom is -0.345 e. The molecule has 1 saturated carbocycles. The van der Waals surface area contributed by atoms with Gasteiger partial charge in [-0.05, 0) is 30.7 Å². The average Bonchev–Trinajstić information content (AvgIpc) is 2.71. The summed E-state index contributed by atoms with van der Waals surface area (Å²) in [6.07, 6.45) is 5.73. The van der Waals surface area contributed by atoms with Crippen LogP contribution in [0.2, 0.25) is 5.02 Å². The molecule has 18 heavy (non-hydrogen) atoms. The summed E-state index contributed by atoms with van der Waals surface area (Å²) in [6.45, 7) is 1.93. The highest BCUT2D eigenvalue weighted by atomic mass is 79.9. The van der Waals surface area contributed by atoms with E-state index in [2.05, 4.69) is 21.2 Å². The summed E-state index contributed by atoms with van der Waals surface area (Å²) in [7, 11) is 0. The van der Waals surface area contributed by atoms with Gasteiger partial charge in [0.05, 0.1) is 10.6 Å². The predicted molar refractivity (Wildman–Crippen MR) is 81.1 cm³/mol. The molecule has 0 aliphatic heterocycles. The average molecular weight is 351 g/mol. The molecule has 1 aliphatic carbocycles. The lowest BCUT2D eigenvalue weighted by molar-refractivity contribution is 0.0891. The molecular formula is C13H17BrClNOS. The minimum absolute atomic E-state index is 0.0283. The number of amides is 1. The number of aryl methyl sites for hydroxylation is 1. The van der Waals surface area contributed by atoms with E-state index in [9.17, 15) is 4.79 Å². The van der Waals surface area contributed by atoms with Gasteiger partial charge in [0, 0.05) is 5.33 Å². The third kappa shape index (κ3) is 2.91. The van der Waals surface area contributed by atoms with Crippen LogP contribution in [0.5, 0.6) is 0 Å². The maximum Gasteiger partial charge on any atom is 0.263 e. The maximum atomic E-state index is 12.3. The van der Waals surface area contributed by atoms with Crippen LogP contribution >= 0.6 is 38.9 Å². The highest BCUT2D eigenvalue weighted by molar-refractivity contribution is 9.09. The summed E-state index contributed by atoms with van der Waals surface area (Å²) in [6, 6.07) is 0. The highest BCUT2D eigenvalue weighted by Gasteiger charge is 2.33. The number of halogens is 2. The van der Waals surface area contributed by atoms with Gasteiger partial charge < -0.3 is 5.32 Å². The Morgan fingerprint density at radius 2 is 2.17 bits per heavy atom. The number of thiophene rings is 1. The quantitative estimate of drug-likeness (QED) is 0.797. The van der Waals surface area contributed by atoms with Crippen molar-refractivity contribution in [2.45, 2.75) is 44.6 Å². The Bertz CT molecular complexity index is 440. The summed E-state index contributed by atoms with van der Waals surface area (Å²) >= 11 is 11.1. The van der Waals surface area contributed by atoms with Crippen LogP contribution in [-0.4, -0.2) is 16.8 Å². The van der Waals surface area contributed by atoms with Crippen LogP contribution in [0.15, 0.2) is 5.38 Å². The molecule has 0 atom stereocenters. The Morgan fingerprint density at radius 1 is 1.50 bits per heavy atom. The van der Waals surface area contributed by atoms with Gasteiger partial charge in [-0.15, -0.1) is 11.3 Å². The summed E-state index contributed by atoms with van der Waals surface area (Å²) in [5.74, 6) is -0.0283. The molecule has 2 rings (SSSR count). The van der Waals surface area contributed by atoms with Gasteiger partial charge >= 0.3 is 0 Å². The Morgan fingerprint density at radius 3 is 2.67 bits per heavy atom. The van der Waals surface area contributed by atoms with Crippen LogP contribution in [0.4, 0.5) is 0 Å². The lowest BCUT2D eigenvalue weighted by Crippen LogP contribution is -2.51. The number of nitrogens with one attached hydrogen (secondary N) is 1. The van der Waals surface area contributed by atoms with Gasteiger partial charge in [0.25, 0.3) is 5.91 Å². The first-order valence-electron chi connectivity index (χ1n) is 6.20. The molecule has 100 valence electrons. The van der Waals surface area contributed by atoms with E-state index < -0.39 is 0 Å². The van der Waals surface area contributed by atoms with Crippen LogP contribution in [-0.2, 0) is 0 Å². The van der Waals surface area contributed by atoms with Gasteiger partial charge in [-0.2, -0.15) is 0 Å². The van der Waals surface area contributed by atoms with E-state index in [1.54, 1.807) is 0 Å². The van der Waals surface area contributed by atoms with E-state index in [-0.39, 0.29) is 11.4 Å². The standard InChI is InChI=1S/C13H17BrClNOS/c1-9-7-18-11(10(9)15)12(17)16-13(8-14)5-3-2-4-6-13/h7H,2-6,8H2,1H3,(H,16,17). The van der Waals surface area contributed by atoms with Crippen molar-refractivity contribution in [3.63, 3.8) is 0 Å². The largest absolute Gasteiger partial charge is 0.345 e. The van der Waals surface area contributed by atoms with Crippen molar-refractivity contribution in [1.82, 2.24) is 5.32 Å². The fourth-order valence-electron chi connectivity index (χ4n) is 2.40. The van der Waals surface area contributed by atoms with Crippen molar-refractivity contribution < 1.29 is 4.79 Å². The summed E-state index contributed by atoms with van der Waals surface area (Å²) in [5.41, 5.74) is 0.889. The summed E-state index contributed by atoms with van der Waals surface area (Å²) in [5, 5.41) is 6.53. The van der Waals surface area contributed by atoms with Crippen molar-refractivity contribution in [1.29, 1.82) is 0 Å². The summed E-state index contributed by atoms with van der Waals surface area (Å²) < 4.78 is 0. The van der Waals surface area contributed by atoms with Gasteiger partial charge in [0.15, 0.2) is 0 Å². The molecule has 1 aromatic rings. The minimum atomic E-state index is -0.0867. The second-order valence-electron chi connectivity index (χ2n) is 4.99. The van der Waals surface area contributed by atoms with Crippen LogP contribution in [0.3, 0.4) is 0 Å². The number of carbonyl (C=O) groups is 1. The molecule has 1 aliphatic rings. The van der Waals surface area contributed by atoms with Crippen molar-refractivity contribution in [3.05, 3.63) is 20.8 Å². The topological polar surface area (TPSA) is 29.1 Å². The fraction of sp³-hybridized carbons (Fsp3) is 0.615. The van der Waals surface area contributed by atoms with Crippen LogP contribution in [0.1, 0.15) is 47.3 Å². The number of hydrogen-bond acceptors (Lipinski definition) is 2. The second-order valence-corrected chi connectivity index (χ2v) is 6.81. The smallest absolute Gasteiger partial charge is 0.263 e. The first kappa shape index (κ1) is 14.4. The van der Waals surface area contributed by atoms with Crippen LogP contribution < -0.4 is 5.32 Å². The molecule has 1 fully saturated rings. The zero-order chi connectivity index (χ0) is 13.2. The molecule has 0 saturated heterocycles. The van der Waals surface area contributed by atoms with Crippen molar-refractivity contribution >= 4 is 44.8 Å². The number of hydrogen-bond donors (Lipinski definition) is 1. The van der Waals surface area contributed by atoms with E-state index >= 15 is 0 Å². The van der Waals surface area contributed by atoms with Crippen LogP contribution in [0, 0.1) is 6.92 Å². The fourth-order valence-corrected chi connectivity index (χ4v) is 4.28. The third-order valence-electron chi connectivity index (χ3n) is 3.55. The van der Waals surface area contributed by atoms with E-state index in [1.807, 2.05) is 12.3 Å². The van der Waals surface area contributed by atoms with E-state index in [0.29, 0.717) is 9.90 Å². The van der Waals surface area contributed by atoms with Crippen molar-refractivity contribution in [2.24, 2.45) is 0 Å². The van der Waals surface area contributed by atoms with Crippen molar-refractivity contribution in [3.8, 4) is 0 Å². The summed E-state index contributed by atoms with van der Waals surface area (Å²) in [4.78, 5) is 12.9. The molecule has 1 heterocycles. The van der Waals surface area contributed by atoms with Gasteiger partial charge in [-0.25, -0.2) is 0 Å². The zero-order valence-electron chi connectivity index (χ0n) is 10.4. The van der Waals surface area contributed by atoms with Crippen LogP contribution in [0.25, 0.3) is 0 Å². The molecule has 0 aromatic carbocycles. The van der Waals surface area contributed by atoms with Gasteiger partial charge in [0.2, 0.25) is 0 Å². The monoisotopic (exact) mass is 349 g/mol. The molecule has 1 N–H and O–H groups in total. The third-order valence-corrected chi connectivity index (χ3v) is 6.32. The molecule has 2 nitrogen and oxygen atoms in total. The first-order chi connectivity index (χ1) is 8.58. The Labute approximate surface area is 125 Å². The van der Waals surface area contributed by atoms with Gasteiger partial charge in [-0.1, -0.05) is 46.8 Å².